The van der Waals surface area contributed by atoms with E-state index in [1.807, 2.05) is 24.4 Å². The van der Waals surface area contributed by atoms with Crippen molar-refractivity contribution in [1.29, 1.82) is 0 Å². The normalized spacial score (nSPS) is 16.6. The van der Waals surface area contributed by atoms with E-state index in [-0.39, 0.29) is 0 Å². The number of hydrogen-bond acceptors (Lipinski definition) is 1. The molecule has 1 saturated carbocycles. The van der Waals surface area contributed by atoms with Gasteiger partial charge in [-0.2, -0.15) is 0 Å². The Balaban J connectivity index is 1.68. The molecule has 0 N–H and O–H groups in total. The molecule has 0 amide bonds. The van der Waals surface area contributed by atoms with Crippen LogP contribution in [0.1, 0.15) is 49.1 Å². The predicted octanol–water partition coefficient (Wildman–Crippen LogP) is 5.48. The van der Waals surface area contributed by atoms with Crippen molar-refractivity contribution < 1.29 is 0 Å². The molecular weight excluding hydrogens is 242 g/mol. The highest BCUT2D eigenvalue weighted by atomic mass is 14.7. The second-order valence-corrected chi connectivity index (χ2v) is 5.60. The van der Waals surface area contributed by atoms with Gasteiger partial charge in [0.2, 0.25) is 0 Å². The molecular formula is C19H21N. The van der Waals surface area contributed by atoms with E-state index >= 15 is 0 Å². The van der Waals surface area contributed by atoms with Gasteiger partial charge in [-0.15, -0.1) is 0 Å². The van der Waals surface area contributed by atoms with Gasteiger partial charge < -0.3 is 0 Å². The lowest BCUT2D eigenvalue weighted by Crippen LogP contribution is -2.03. The molecule has 1 aliphatic carbocycles. The predicted molar refractivity (Wildman–Crippen MR) is 86.0 cm³/mol. The van der Waals surface area contributed by atoms with Gasteiger partial charge in [0.05, 0.1) is 5.69 Å². The number of aliphatic imine (C=N–C) groups is 1. The van der Waals surface area contributed by atoms with Gasteiger partial charge in [-0.1, -0.05) is 61.7 Å². The molecule has 0 unspecified atom stereocenters. The lowest BCUT2D eigenvalue weighted by Gasteiger charge is -2.21. The lowest BCUT2D eigenvalue weighted by molar-refractivity contribution is 0.443. The summed E-state index contributed by atoms with van der Waals surface area (Å²) in [5.41, 5.74) is 3.67. The Labute approximate surface area is 121 Å². The molecule has 0 radical (unpaired) electrons. The minimum Gasteiger partial charge on any atom is -0.256 e. The summed E-state index contributed by atoms with van der Waals surface area (Å²) in [6.07, 6.45) is 8.82. The fourth-order valence-electron chi connectivity index (χ4n) is 2.96. The molecule has 0 heterocycles. The minimum atomic E-state index is 0.774. The van der Waals surface area contributed by atoms with Crippen molar-refractivity contribution in [1.82, 2.24) is 0 Å². The average Bonchev–Trinajstić information content (AvgIpc) is 2.55. The van der Waals surface area contributed by atoms with Crippen LogP contribution in [-0.2, 0) is 0 Å². The summed E-state index contributed by atoms with van der Waals surface area (Å²) in [7, 11) is 0. The molecule has 2 aromatic rings. The van der Waals surface area contributed by atoms with Crippen LogP contribution in [0.25, 0.3) is 0 Å². The molecule has 1 fully saturated rings. The van der Waals surface area contributed by atoms with E-state index in [1.54, 1.807) is 0 Å². The van der Waals surface area contributed by atoms with Crippen LogP contribution in [0.4, 0.5) is 5.69 Å². The molecule has 20 heavy (non-hydrogen) atoms. The van der Waals surface area contributed by atoms with E-state index in [0.717, 1.165) is 17.2 Å². The van der Waals surface area contributed by atoms with Gasteiger partial charge in [-0.3, -0.25) is 4.99 Å². The van der Waals surface area contributed by atoms with Crippen LogP contribution in [0, 0.1) is 0 Å². The SMILES string of the molecule is C(=Nc1ccc(C2CCCCC2)cc1)c1ccccc1. The van der Waals surface area contributed by atoms with E-state index in [4.69, 9.17) is 0 Å². The molecule has 3 rings (SSSR count). The fourth-order valence-corrected chi connectivity index (χ4v) is 2.96. The highest BCUT2D eigenvalue weighted by Gasteiger charge is 2.14. The Bertz CT molecular complexity index is 548. The molecule has 1 aliphatic rings. The highest BCUT2D eigenvalue weighted by molar-refractivity contribution is 5.81. The Morgan fingerprint density at radius 3 is 2.20 bits per heavy atom. The third-order valence-corrected chi connectivity index (χ3v) is 4.13. The highest BCUT2D eigenvalue weighted by Crippen LogP contribution is 2.33. The molecule has 0 aromatic heterocycles. The van der Waals surface area contributed by atoms with Crippen LogP contribution in [-0.4, -0.2) is 6.21 Å². The molecule has 0 saturated heterocycles. The summed E-state index contributed by atoms with van der Waals surface area (Å²) in [4.78, 5) is 4.54. The second-order valence-electron chi connectivity index (χ2n) is 5.60. The number of nitrogens with zero attached hydrogens (tertiary/aromatic N) is 1. The number of hydrogen-bond donors (Lipinski definition) is 0. The third kappa shape index (κ3) is 3.36. The first-order chi connectivity index (χ1) is 9.92. The van der Waals surface area contributed by atoms with Crippen LogP contribution >= 0.6 is 0 Å². The largest absolute Gasteiger partial charge is 0.256 e. The molecule has 0 spiro atoms. The zero-order valence-electron chi connectivity index (χ0n) is 11.8. The molecule has 102 valence electrons. The van der Waals surface area contributed by atoms with E-state index < -0.39 is 0 Å². The van der Waals surface area contributed by atoms with E-state index in [2.05, 4.69) is 41.4 Å². The van der Waals surface area contributed by atoms with Crippen molar-refractivity contribution in [2.45, 2.75) is 38.0 Å². The molecule has 1 nitrogen and oxygen atoms in total. The first kappa shape index (κ1) is 13.1. The van der Waals surface area contributed by atoms with E-state index in [9.17, 15) is 0 Å². The maximum absolute atomic E-state index is 4.54. The first-order valence-electron chi connectivity index (χ1n) is 7.61. The summed E-state index contributed by atoms with van der Waals surface area (Å²) in [6, 6.07) is 19.0. The third-order valence-electron chi connectivity index (χ3n) is 4.13. The van der Waals surface area contributed by atoms with Gasteiger partial charge in [-0.05, 0) is 42.0 Å². The minimum absolute atomic E-state index is 0.774. The zero-order chi connectivity index (χ0) is 13.6. The quantitative estimate of drug-likeness (QED) is 0.650. The van der Waals surface area contributed by atoms with Crippen LogP contribution < -0.4 is 0 Å². The van der Waals surface area contributed by atoms with Gasteiger partial charge in [0.15, 0.2) is 0 Å². The van der Waals surface area contributed by atoms with Crippen LogP contribution in [0.3, 0.4) is 0 Å². The molecule has 0 bridgehead atoms. The average molecular weight is 263 g/mol. The summed E-state index contributed by atoms with van der Waals surface area (Å²) >= 11 is 0. The fraction of sp³-hybridized carbons (Fsp3) is 0.316. The smallest absolute Gasteiger partial charge is 0.0630 e. The van der Waals surface area contributed by atoms with Gasteiger partial charge in [0.25, 0.3) is 0 Å². The van der Waals surface area contributed by atoms with Crippen LogP contribution in [0.5, 0.6) is 0 Å². The van der Waals surface area contributed by atoms with Crippen molar-refractivity contribution in [3.8, 4) is 0 Å². The summed E-state index contributed by atoms with van der Waals surface area (Å²) in [5.74, 6) is 0.774. The number of rotatable bonds is 3. The Kier molecular flexibility index (Phi) is 4.27. The van der Waals surface area contributed by atoms with Gasteiger partial charge in [0.1, 0.15) is 0 Å². The molecule has 1 heteroatoms. The Hall–Kier alpha value is -1.89. The molecule has 0 atom stereocenters. The summed E-state index contributed by atoms with van der Waals surface area (Å²) in [6.45, 7) is 0. The first-order valence-corrected chi connectivity index (χ1v) is 7.61. The van der Waals surface area contributed by atoms with Gasteiger partial charge in [-0.25, -0.2) is 0 Å². The van der Waals surface area contributed by atoms with Crippen molar-refractivity contribution in [2.75, 3.05) is 0 Å². The second kappa shape index (κ2) is 6.51. The summed E-state index contributed by atoms with van der Waals surface area (Å²) in [5, 5.41) is 0. The van der Waals surface area contributed by atoms with Gasteiger partial charge in [0, 0.05) is 6.21 Å². The van der Waals surface area contributed by atoms with Crippen molar-refractivity contribution >= 4 is 11.9 Å². The summed E-state index contributed by atoms with van der Waals surface area (Å²) < 4.78 is 0. The molecule has 0 aliphatic heterocycles. The van der Waals surface area contributed by atoms with Crippen LogP contribution in [0.15, 0.2) is 59.6 Å². The van der Waals surface area contributed by atoms with Crippen molar-refractivity contribution in [3.63, 3.8) is 0 Å². The lowest BCUT2D eigenvalue weighted by atomic mass is 9.84. The maximum Gasteiger partial charge on any atom is 0.0630 e. The standard InChI is InChI=1S/C19H21N/c1-3-7-16(8-4-1)15-20-19-13-11-18(12-14-19)17-9-5-2-6-10-17/h1,3-4,7-8,11-15,17H,2,5-6,9-10H2. The van der Waals surface area contributed by atoms with Crippen molar-refractivity contribution in [3.05, 3.63) is 65.7 Å². The van der Waals surface area contributed by atoms with Gasteiger partial charge >= 0.3 is 0 Å². The van der Waals surface area contributed by atoms with E-state index in [0.29, 0.717) is 0 Å². The molecule has 2 aromatic carbocycles. The monoisotopic (exact) mass is 263 g/mol. The van der Waals surface area contributed by atoms with Crippen LogP contribution in [0.2, 0.25) is 0 Å². The Morgan fingerprint density at radius 1 is 0.800 bits per heavy atom. The maximum atomic E-state index is 4.54. The zero-order valence-corrected chi connectivity index (χ0v) is 11.8. The van der Waals surface area contributed by atoms with Crippen molar-refractivity contribution in [2.24, 2.45) is 4.99 Å². The topological polar surface area (TPSA) is 12.4 Å². The number of benzene rings is 2. The Morgan fingerprint density at radius 2 is 1.50 bits per heavy atom. The van der Waals surface area contributed by atoms with E-state index in [1.165, 1.54) is 37.7 Å².